The van der Waals surface area contributed by atoms with Crippen LogP contribution < -0.4 is 10.6 Å². The largest absolute Gasteiger partial charge is 0.481 e. The van der Waals surface area contributed by atoms with Crippen molar-refractivity contribution in [3.63, 3.8) is 0 Å². The number of nitrogens with two attached hydrogens (primary N) is 1. The molecule has 0 aliphatic carbocycles. The van der Waals surface area contributed by atoms with Crippen molar-refractivity contribution in [2.24, 2.45) is 0 Å². The van der Waals surface area contributed by atoms with E-state index in [9.17, 15) is 27.9 Å². The highest BCUT2D eigenvalue weighted by Crippen LogP contribution is 2.34. The van der Waals surface area contributed by atoms with Crippen molar-refractivity contribution < 1.29 is 32.6 Å². The second-order valence-electron chi connectivity index (χ2n) is 7.51. The number of carbonyl (C=O) groups excluding carboxylic acids is 1. The van der Waals surface area contributed by atoms with Crippen molar-refractivity contribution in [2.75, 3.05) is 30.3 Å². The normalized spacial score (nSPS) is 18.1. The Morgan fingerprint density at radius 2 is 1.96 bits per heavy atom. The highest BCUT2D eigenvalue weighted by atomic mass is 19.4. The number of piperazine rings is 1. The number of nitrogen functional groups attached to an aromatic ring is 1. The first-order valence-corrected chi connectivity index (χ1v) is 8.57. The zero-order valence-corrected chi connectivity index (χ0v) is 15.8. The molecule has 0 bridgehead atoms. The van der Waals surface area contributed by atoms with Crippen LogP contribution in [0.4, 0.5) is 29.5 Å². The maximum absolute atomic E-state index is 12.8. The number of hydrogen-bond acceptors (Lipinski definition) is 6. The van der Waals surface area contributed by atoms with Crippen LogP contribution in [-0.2, 0) is 15.7 Å². The first-order valence-electron chi connectivity index (χ1n) is 8.57. The molecule has 156 valence electrons. The van der Waals surface area contributed by atoms with Gasteiger partial charge in [-0.2, -0.15) is 13.2 Å². The Morgan fingerprint density at radius 3 is 2.46 bits per heavy atom. The van der Waals surface area contributed by atoms with Crippen LogP contribution >= 0.6 is 0 Å². The fourth-order valence-electron chi connectivity index (χ4n) is 2.87. The molecule has 1 atom stereocenters. The van der Waals surface area contributed by atoms with E-state index in [1.807, 2.05) is 0 Å². The molecule has 1 aliphatic heterocycles. The number of ether oxygens (including phenoxy) is 1. The summed E-state index contributed by atoms with van der Waals surface area (Å²) in [6, 6.07) is 0.0470. The van der Waals surface area contributed by atoms with Crippen molar-refractivity contribution >= 4 is 23.6 Å². The molecule has 2 heterocycles. The van der Waals surface area contributed by atoms with E-state index in [1.165, 1.54) is 9.80 Å². The number of carbonyl (C=O) groups is 2. The monoisotopic (exact) mass is 404 g/mol. The number of carboxylic acids is 1. The van der Waals surface area contributed by atoms with E-state index < -0.39 is 35.4 Å². The summed E-state index contributed by atoms with van der Waals surface area (Å²) in [6.45, 7) is 5.49. The molecule has 1 aromatic heterocycles. The van der Waals surface area contributed by atoms with Crippen molar-refractivity contribution in [2.45, 2.75) is 45.0 Å². The van der Waals surface area contributed by atoms with Gasteiger partial charge in [-0.1, -0.05) is 0 Å². The second kappa shape index (κ2) is 7.72. The first kappa shape index (κ1) is 21.6. The summed E-state index contributed by atoms with van der Waals surface area (Å²) in [5, 5.41) is 9.20. The third-order valence-electron chi connectivity index (χ3n) is 4.04. The van der Waals surface area contributed by atoms with Gasteiger partial charge in [0, 0.05) is 25.8 Å². The molecule has 3 N–H and O–H groups in total. The van der Waals surface area contributed by atoms with Crippen molar-refractivity contribution in [3.8, 4) is 0 Å². The van der Waals surface area contributed by atoms with Crippen LogP contribution in [-0.4, -0.2) is 58.3 Å². The highest BCUT2D eigenvalue weighted by molar-refractivity contribution is 5.72. The average molecular weight is 404 g/mol. The summed E-state index contributed by atoms with van der Waals surface area (Å²) in [7, 11) is 0. The van der Waals surface area contributed by atoms with E-state index in [2.05, 4.69) is 4.98 Å². The number of nitrogens with zero attached hydrogens (tertiary/aromatic N) is 3. The molecule has 1 unspecified atom stereocenters. The van der Waals surface area contributed by atoms with E-state index in [1.54, 1.807) is 20.8 Å². The Kier molecular flexibility index (Phi) is 5.95. The van der Waals surface area contributed by atoms with Gasteiger partial charge in [0.05, 0.1) is 23.7 Å². The fraction of sp³-hybridized carbons (Fsp3) is 0.588. The Hall–Kier alpha value is -2.72. The van der Waals surface area contributed by atoms with Crippen LogP contribution in [0, 0.1) is 0 Å². The molecule has 8 nitrogen and oxygen atoms in total. The average Bonchev–Trinajstić information content (AvgIpc) is 2.52. The van der Waals surface area contributed by atoms with E-state index in [0.717, 1.165) is 6.07 Å². The number of alkyl halides is 3. The summed E-state index contributed by atoms with van der Waals surface area (Å²) in [4.78, 5) is 30.2. The number of pyridine rings is 1. The number of hydrogen-bond donors (Lipinski definition) is 2. The van der Waals surface area contributed by atoms with Gasteiger partial charge >= 0.3 is 18.2 Å². The van der Waals surface area contributed by atoms with Crippen molar-refractivity contribution in [1.29, 1.82) is 0 Å². The number of aromatic nitrogens is 1. The molecule has 1 amide bonds. The summed E-state index contributed by atoms with van der Waals surface area (Å²) >= 11 is 0. The molecule has 2 rings (SSSR count). The fourth-order valence-corrected chi connectivity index (χ4v) is 2.87. The number of rotatable bonds is 3. The first-order chi connectivity index (χ1) is 12.8. The zero-order valence-electron chi connectivity index (χ0n) is 15.8. The van der Waals surface area contributed by atoms with Crippen LogP contribution in [0.3, 0.4) is 0 Å². The minimum absolute atomic E-state index is 0.0172. The van der Waals surface area contributed by atoms with Crippen LogP contribution in [0.5, 0.6) is 0 Å². The lowest BCUT2D eigenvalue weighted by molar-refractivity contribution is -0.138. The Labute approximate surface area is 160 Å². The zero-order chi connectivity index (χ0) is 21.3. The van der Waals surface area contributed by atoms with Gasteiger partial charge in [-0.3, -0.25) is 4.79 Å². The lowest BCUT2D eigenvalue weighted by Crippen LogP contribution is -2.56. The standard InChI is InChI=1S/C17H23F3N4O4/c1-16(2,3)28-15(27)23-4-5-24(11(9-23)7-13(25)26)14-12(21)6-10(8-22-14)17(18,19)20/h6,8,11H,4-5,7,9,21H2,1-3H3,(H,25,26). The second-order valence-corrected chi connectivity index (χ2v) is 7.51. The number of anilines is 2. The molecular formula is C17H23F3N4O4. The van der Waals surface area contributed by atoms with Gasteiger partial charge in [-0.25, -0.2) is 9.78 Å². The predicted octanol–water partition coefficient (Wildman–Crippen LogP) is 2.58. The highest BCUT2D eigenvalue weighted by Gasteiger charge is 2.36. The molecule has 1 saturated heterocycles. The molecule has 0 spiro atoms. The molecule has 28 heavy (non-hydrogen) atoms. The van der Waals surface area contributed by atoms with Crippen LogP contribution in [0.1, 0.15) is 32.8 Å². The van der Waals surface area contributed by atoms with E-state index in [4.69, 9.17) is 10.5 Å². The Bertz CT molecular complexity index is 749. The molecule has 1 fully saturated rings. The third-order valence-corrected chi connectivity index (χ3v) is 4.04. The minimum Gasteiger partial charge on any atom is -0.481 e. The summed E-state index contributed by atoms with van der Waals surface area (Å²) in [5.41, 5.74) is 3.85. The van der Waals surface area contributed by atoms with Gasteiger partial charge in [0.2, 0.25) is 0 Å². The van der Waals surface area contributed by atoms with Crippen molar-refractivity contribution in [3.05, 3.63) is 17.8 Å². The van der Waals surface area contributed by atoms with E-state index in [0.29, 0.717) is 6.20 Å². The van der Waals surface area contributed by atoms with Crippen molar-refractivity contribution in [1.82, 2.24) is 9.88 Å². The van der Waals surface area contributed by atoms with Gasteiger partial charge in [-0.15, -0.1) is 0 Å². The van der Waals surface area contributed by atoms with Crippen LogP contribution in [0.15, 0.2) is 12.3 Å². The smallest absolute Gasteiger partial charge is 0.417 e. The van der Waals surface area contributed by atoms with Gasteiger partial charge < -0.3 is 25.4 Å². The Balaban J connectivity index is 2.25. The number of carboxylic acid groups (broad SMARTS) is 1. The minimum atomic E-state index is -4.59. The molecule has 11 heteroatoms. The third kappa shape index (κ3) is 5.40. The molecule has 1 aromatic rings. The number of aliphatic carboxylic acids is 1. The molecule has 0 aromatic carbocycles. The quantitative estimate of drug-likeness (QED) is 0.797. The number of amides is 1. The van der Waals surface area contributed by atoms with Crippen LogP contribution in [0.2, 0.25) is 0 Å². The molecule has 0 saturated carbocycles. The Morgan fingerprint density at radius 1 is 1.32 bits per heavy atom. The maximum atomic E-state index is 12.8. The number of halogens is 3. The topological polar surface area (TPSA) is 109 Å². The summed E-state index contributed by atoms with van der Waals surface area (Å²) < 4.78 is 43.8. The van der Waals surface area contributed by atoms with Crippen LogP contribution in [0.25, 0.3) is 0 Å². The maximum Gasteiger partial charge on any atom is 0.417 e. The molecule has 0 radical (unpaired) electrons. The SMILES string of the molecule is CC(C)(C)OC(=O)N1CCN(c2ncc(C(F)(F)F)cc2N)C(CC(=O)O)C1. The van der Waals surface area contributed by atoms with E-state index in [-0.39, 0.29) is 37.6 Å². The van der Waals surface area contributed by atoms with Gasteiger partial charge in [0.1, 0.15) is 5.60 Å². The van der Waals surface area contributed by atoms with Gasteiger partial charge in [0.25, 0.3) is 0 Å². The predicted molar refractivity (Wildman–Crippen MR) is 94.8 cm³/mol. The van der Waals surface area contributed by atoms with Gasteiger partial charge in [0.15, 0.2) is 5.82 Å². The molecular weight excluding hydrogens is 381 g/mol. The lowest BCUT2D eigenvalue weighted by Gasteiger charge is -2.42. The lowest BCUT2D eigenvalue weighted by atomic mass is 10.1. The van der Waals surface area contributed by atoms with Gasteiger partial charge in [-0.05, 0) is 26.8 Å². The summed E-state index contributed by atoms with van der Waals surface area (Å²) in [5.74, 6) is -1.06. The molecule has 1 aliphatic rings. The van der Waals surface area contributed by atoms with E-state index >= 15 is 0 Å². The summed E-state index contributed by atoms with van der Waals surface area (Å²) in [6.07, 6.45) is -4.86.